The highest BCUT2D eigenvalue weighted by Crippen LogP contribution is 2.40. The van der Waals surface area contributed by atoms with Crippen molar-refractivity contribution in [3.63, 3.8) is 0 Å². The van der Waals surface area contributed by atoms with Gasteiger partial charge in [0.15, 0.2) is 0 Å². The number of nitrogens with zero attached hydrogens (tertiary/aromatic N) is 1. The molecule has 0 spiro atoms. The molecule has 1 aromatic rings. The lowest BCUT2D eigenvalue weighted by Gasteiger charge is -2.49. The Morgan fingerprint density at radius 3 is 2.85 bits per heavy atom. The van der Waals surface area contributed by atoms with Crippen molar-refractivity contribution < 1.29 is 33.4 Å². The first-order valence-corrected chi connectivity index (χ1v) is 8.78. The van der Waals surface area contributed by atoms with Crippen molar-refractivity contribution in [3.8, 4) is 0 Å². The maximum atomic E-state index is 12.4. The molecular formula is C16H16N2O7S. The molecule has 1 saturated heterocycles. The van der Waals surface area contributed by atoms with Crippen LogP contribution in [0.25, 0.3) is 0 Å². The molecule has 26 heavy (non-hydrogen) atoms. The molecule has 2 aliphatic heterocycles. The van der Waals surface area contributed by atoms with E-state index in [1.54, 1.807) is 12.1 Å². The van der Waals surface area contributed by atoms with E-state index < -0.39 is 29.3 Å². The van der Waals surface area contributed by atoms with Crippen molar-refractivity contribution in [1.29, 1.82) is 0 Å². The van der Waals surface area contributed by atoms with Gasteiger partial charge in [-0.1, -0.05) is 0 Å². The van der Waals surface area contributed by atoms with Crippen LogP contribution in [-0.4, -0.2) is 57.5 Å². The zero-order chi connectivity index (χ0) is 18.8. The molecule has 10 heteroatoms. The number of carbonyl (C=O) groups excluding carboxylic acids is 3. The van der Waals surface area contributed by atoms with Crippen LogP contribution in [0.2, 0.25) is 0 Å². The largest absolute Gasteiger partial charge is 0.477 e. The van der Waals surface area contributed by atoms with E-state index in [9.17, 15) is 24.3 Å². The smallest absolute Gasteiger partial charge is 0.352 e. The average Bonchev–Trinajstić information content (AvgIpc) is 3.09. The summed E-state index contributed by atoms with van der Waals surface area (Å²) in [6.07, 6.45) is 1.44. The van der Waals surface area contributed by atoms with Crippen LogP contribution in [0, 0.1) is 0 Å². The van der Waals surface area contributed by atoms with Gasteiger partial charge in [0, 0.05) is 18.2 Å². The van der Waals surface area contributed by atoms with Crippen molar-refractivity contribution in [2.24, 2.45) is 0 Å². The second-order valence-corrected chi connectivity index (χ2v) is 6.85. The van der Waals surface area contributed by atoms with E-state index in [0.717, 1.165) is 4.90 Å². The van der Waals surface area contributed by atoms with E-state index in [0.29, 0.717) is 11.3 Å². The van der Waals surface area contributed by atoms with Gasteiger partial charge in [0.1, 0.15) is 29.5 Å². The molecule has 0 bridgehead atoms. The topological polar surface area (TPSA) is 126 Å². The van der Waals surface area contributed by atoms with E-state index in [1.807, 2.05) is 0 Å². The van der Waals surface area contributed by atoms with Crippen LogP contribution in [0.15, 0.2) is 34.1 Å². The summed E-state index contributed by atoms with van der Waals surface area (Å²) < 4.78 is 9.95. The first kappa shape index (κ1) is 18.1. The molecule has 2 aliphatic rings. The normalized spacial score (nSPS) is 21.7. The van der Waals surface area contributed by atoms with Gasteiger partial charge in [-0.3, -0.25) is 19.3 Å². The number of nitrogens with one attached hydrogen (secondary N) is 1. The lowest BCUT2D eigenvalue weighted by molar-refractivity contribution is -0.151. The number of amides is 2. The number of carboxylic acids is 1. The van der Waals surface area contributed by atoms with E-state index >= 15 is 0 Å². The minimum atomic E-state index is -1.27. The number of thioether (sulfide) groups is 1. The van der Waals surface area contributed by atoms with Crippen LogP contribution in [0.4, 0.5) is 0 Å². The fourth-order valence-electron chi connectivity index (χ4n) is 2.78. The highest BCUT2D eigenvalue weighted by molar-refractivity contribution is 8.00. The first-order chi connectivity index (χ1) is 12.4. The summed E-state index contributed by atoms with van der Waals surface area (Å²) in [5, 5.41) is 11.6. The summed E-state index contributed by atoms with van der Waals surface area (Å²) in [6, 6.07) is 2.51. The summed E-state index contributed by atoms with van der Waals surface area (Å²) in [7, 11) is 0. The van der Waals surface area contributed by atoms with Crippen molar-refractivity contribution in [2.75, 3.05) is 12.4 Å². The highest BCUT2D eigenvalue weighted by Gasteiger charge is 2.54. The van der Waals surface area contributed by atoms with Gasteiger partial charge in [-0.2, -0.15) is 0 Å². The fourth-order valence-corrected chi connectivity index (χ4v) is 4.11. The van der Waals surface area contributed by atoms with E-state index in [1.165, 1.54) is 24.9 Å². The Morgan fingerprint density at radius 2 is 2.23 bits per heavy atom. The van der Waals surface area contributed by atoms with Gasteiger partial charge in [0.25, 0.3) is 5.91 Å². The van der Waals surface area contributed by atoms with Crippen LogP contribution in [0.5, 0.6) is 0 Å². The quantitative estimate of drug-likeness (QED) is 0.527. The standard InChI is InChI=1S/C16H16N2O7S/c1-8(19)25-6-9-7-26-15-12(14(21)18(15)13(9)16(22)23)17-11(20)5-10-3-2-4-24-10/h2-4,12,15H,5-7H2,1H3,(H,17,20)(H,22,23)/t12?,15-/m1/s1. The lowest BCUT2D eigenvalue weighted by atomic mass is 10.0. The Labute approximate surface area is 152 Å². The Balaban J connectivity index is 1.69. The number of ether oxygens (including phenoxy) is 1. The molecule has 3 heterocycles. The second kappa shape index (κ2) is 7.24. The van der Waals surface area contributed by atoms with Crippen molar-refractivity contribution in [1.82, 2.24) is 10.2 Å². The number of aliphatic carboxylic acids is 1. The fraction of sp³-hybridized carbons (Fsp3) is 0.375. The lowest BCUT2D eigenvalue weighted by Crippen LogP contribution is -2.70. The molecule has 1 aromatic heterocycles. The highest BCUT2D eigenvalue weighted by atomic mass is 32.2. The summed E-state index contributed by atoms with van der Waals surface area (Å²) in [6.45, 7) is 1.04. The zero-order valence-electron chi connectivity index (χ0n) is 13.8. The third-order valence-corrected chi connectivity index (χ3v) is 5.27. The van der Waals surface area contributed by atoms with Crippen molar-refractivity contribution >= 4 is 35.5 Å². The van der Waals surface area contributed by atoms with Crippen molar-refractivity contribution in [3.05, 3.63) is 35.4 Å². The number of rotatable bonds is 6. The van der Waals surface area contributed by atoms with Gasteiger partial charge in [-0.15, -0.1) is 11.8 Å². The number of hydrogen-bond acceptors (Lipinski definition) is 7. The van der Waals surface area contributed by atoms with Gasteiger partial charge >= 0.3 is 11.9 Å². The first-order valence-electron chi connectivity index (χ1n) is 7.73. The van der Waals surface area contributed by atoms with Crippen molar-refractivity contribution in [2.45, 2.75) is 24.8 Å². The number of carbonyl (C=O) groups is 4. The monoisotopic (exact) mass is 380 g/mol. The Hall–Kier alpha value is -2.75. The number of fused-ring (bicyclic) bond motifs is 1. The van der Waals surface area contributed by atoms with E-state index in [4.69, 9.17) is 9.15 Å². The summed E-state index contributed by atoms with van der Waals surface area (Å²) in [4.78, 5) is 48.1. The molecule has 0 saturated carbocycles. The predicted molar refractivity (Wildman–Crippen MR) is 88.7 cm³/mol. The van der Waals surface area contributed by atoms with Gasteiger partial charge < -0.3 is 19.6 Å². The molecule has 9 nitrogen and oxygen atoms in total. The maximum absolute atomic E-state index is 12.4. The molecule has 2 N–H and O–H groups in total. The minimum Gasteiger partial charge on any atom is -0.477 e. The predicted octanol–water partition coefficient (Wildman–Crippen LogP) is 0.124. The Morgan fingerprint density at radius 1 is 1.46 bits per heavy atom. The molecular weight excluding hydrogens is 364 g/mol. The second-order valence-electron chi connectivity index (χ2n) is 5.75. The summed E-state index contributed by atoms with van der Waals surface area (Å²) >= 11 is 1.31. The minimum absolute atomic E-state index is 0.00645. The summed E-state index contributed by atoms with van der Waals surface area (Å²) in [5.74, 6) is -1.94. The average molecular weight is 380 g/mol. The number of esters is 1. The molecule has 138 valence electrons. The molecule has 0 radical (unpaired) electrons. The summed E-state index contributed by atoms with van der Waals surface area (Å²) in [5.41, 5.74) is 0.166. The molecule has 2 atom stereocenters. The van der Waals surface area contributed by atoms with Crippen LogP contribution in [0.1, 0.15) is 12.7 Å². The molecule has 2 amide bonds. The molecule has 1 fully saturated rings. The van der Waals surface area contributed by atoms with Gasteiger partial charge in [0.05, 0.1) is 12.7 Å². The third-order valence-electron chi connectivity index (χ3n) is 3.93. The van der Waals surface area contributed by atoms with E-state index in [2.05, 4.69) is 5.32 Å². The van der Waals surface area contributed by atoms with Crippen LogP contribution in [-0.2, 0) is 30.3 Å². The number of β-lactam (4-membered cyclic amide) rings is 1. The SMILES string of the molecule is CC(=O)OCC1=C(C(=O)O)N2C(=O)C(NC(=O)Cc3ccco3)[C@H]2SC1. The molecule has 0 aromatic carbocycles. The van der Waals surface area contributed by atoms with Crippen LogP contribution >= 0.6 is 11.8 Å². The Bertz CT molecular complexity index is 787. The van der Waals surface area contributed by atoms with Gasteiger partial charge in [-0.05, 0) is 12.1 Å². The van der Waals surface area contributed by atoms with Gasteiger partial charge in [0.2, 0.25) is 5.91 Å². The van der Waals surface area contributed by atoms with E-state index in [-0.39, 0.29) is 30.4 Å². The Kier molecular flexibility index (Phi) is 5.03. The maximum Gasteiger partial charge on any atom is 0.352 e. The van der Waals surface area contributed by atoms with Gasteiger partial charge in [-0.25, -0.2) is 4.79 Å². The molecule has 0 aliphatic carbocycles. The number of carboxylic acid groups (broad SMARTS) is 1. The zero-order valence-corrected chi connectivity index (χ0v) is 14.6. The van der Waals surface area contributed by atoms with Crippen LogP contribution < -0.4 is 5.32 Å². The molecule has 1 unspecified atom stereocenters. The third kappa shape index (κ3) is 3.45. The van der Waals surface area contributed by atoms with Crippen LogP contribution in [0.3, 0.4) is 0 Å². The number of hydrogen-bond donors (Lipinski definition) is 2. The molecule has 3 rings (SSSR count). The number of furan rings is 1.